The second-order valence-electron chi connectivity index (χ2n) is 5.26. The van der Waals surface area contributed by atoms with Gasteiger partial charge in [-0.25, -0.2) is 0 Å². The Hall–Kier alpha value is -2.62. The van der Waals surface area contributed by atoms with E-state index in [-0.39, 0.29) is 5.91 Å². The highest BCUT2D eigenvalue weighted by molar-refractivity contribution is 5.93. The molecule has 0 aliphatic carbocycles. The predicted molar refractivity (Wildman–Crippen MR) is 91.0 cm³/mol. The molecule has 0 saturated heterocycles. The van der Waals surface area contributed by atoms with Crippen LogP contribution in [0.4, 0.5) is 5.69 Å². The van der Waals surface area contributed by atoms with Crippen molar-refractivity contribution in [3.05, 3.63) is 59.7 Å². The highest BCUT2D eigenvalue weighted by Crippen LogP contribution is 2.26. The van der Waals surface area contributed by atoms with Gasteiger partial charge < -0.3 is 10.1 Å². The molecule has 0 aliphatic rings. The van der Waals surface area contributed by atoms with Gasteiger partial charge in [0, 0.05) is 12.0 Å². The number of anilines is 1. The maximum atomic E-state index is 12.2. The molecule has 2 aromatic rings. The number of benzene rings is 2. The second kappa shape index (κ2) is 8.73. The highest BCUT2D eigenvalue weighted by atomic mass is 16.5. The molecule has 4 heteroatoms. The molecule has 2 aromatic carbocycles. The molecular formula is C19H21NO3. The summed E-state index contributed by atoms with van der Waals surface area (Å²) in [5, 5.41) is 2.84. The molecule has 1 amide bonds. The summed E-state index contributed by atoms with van der Waals surface area (Å²) in [5.41, 5.74) is 2.17. The SMILES string of the molecule is CCCOc1ccc(C=O)cc1NC(=O)CCc1ccccc1. The number of nitrogens with one attached hydrogen (secondary N) is 1. The summed E-state index contributed by atoms with van der Waals surface area (Å²) in [5.74, 6) is 0.490. The molecule has 0 atom stereocenters. The second-order valence-corrected chi connectivity index (χ2v) is 5.26. The van der Waals surface area contributed by atoms with Crippen molar-refractivity contribution in [2.24, 2.45) is 0 Å². The predicted octanol–water partition coefficient (Wildman–Crippen LogP) is 3.86. The van der Waals surface area contributed by atoms with Gasteiger partial charge >= 0.3 is 0 Å². The smallest absolute Gasteiger partial charge is 0.224 e. The molecule has 0 radical (unpaired) electrons. The van der Waals surface area contributed by atoms with E-state index in [0.717, 1.165) is 18.3 Å². The third kappa shape index (κ3) is 5.25. The van der Waals surface area contributed by atoms with Gasteiger partial charge in [-0.1, -0.05) is 37.3 Å². The zero-order chi connectivity index (χ0) is 16.5. The van der Waals surface area contributed by atoms with Crippen molar-refractivity contribution < 1.29 is 14.3 Å². The van der Waals surface area contributed by atoms with Crippen LogP contribution in [0.25, 0.3) is 0 Å². The Kier molecular flexibility index (Phi) is 6.36. The lowest BCUT2D eigenvalue weighted by Crippen LogP contribution is -2.14. The number of hydrogen-bond donors (Lipinski definition) is 1. The number of ether oxygens (including phenoxy) is 1. The van der Waals surface area contributed by atoms with Crippen LogP contribution in [-0.2, 0) is 11.2 Å². The number of amides is 1. The topological polar surface area (TPSA) is 55.4 Å². The summed E-state index contributed by atoms with van der Waals surface area (Å²) in [7, 11) is 0. The monoisotopic (exact) mass is 311 g/mol. The van der Waals surface area contributed by atoms with Gasteiger partial charge in [0.25, 0.3) is 0 Å². The van der Waals surface area contributed by atoms with E-state index in [1.54, 1.807) is 18.2 Å². The molecular weight excluding hydrogens is 290 g/mol. The van der Waals surface area contributed by atoms with Gasteiger partial charge in [-0.2, -0.15) is 0 Å². The Morgan fingerprint density at radius 2 is 1.96 bits per heavy atom. The minimum atomic E-state index is -0.0988. The Morgan fingerprint density at radius 1 is 1.17 bits per heavy atom. The summed E-state index contributed by atoms with van der Waals surface area (Å²) in [6.45, 7) is 2.57. The van der Waals surface area contributed by atoms with Crippen LogP contribution >= 0.6 is 0 Å². The summed E-state index contributed by atoms with van der Waals surface area (Å²) in [4.78, 5) is 23.1. The van der Waals surface area contributed by atoms with Crippen molar-refractivity contribution in [2.45, 2.75) is 26.2 Å². The number of carbonyl (C=O) groups excluding carboxylic acids is 2. The van der Waals surface area contributed by atoms with Crippen LogP contribution in [0, 0.1) is 0 Å². The lowest BCUT2D eigenvalue weighted by atomic mass is 10.1. The van der Waals surface area contributed by atoms with Crippen molar-refractivity contribution in [1.29, 1.82) is 0 Å². The molecule has 0 aromatic heterocycles. The Labute approximate surface area is 136 Å². The Morgan fingerprint density at radius 3 is 2.65 bits per heavy atom. The fourth-order valence-corrected chi connectivity index (χ4v) is 2.17. The molecule has 0 heterocycles. The largest absolute Gasteiger partial charge is 0.491 e. The van der Waals surface area contributed by atoms with Gasteiger partial charge in [0.1, 0.15) is 12.0 Å². The molecule has 4 nitrogen and oxygen atoms in total. The molecule has 1 N–H and O–H groups in total. The highest BCUT2D eigenvalue weighted by Gasteiger charge is 2.09. The maximum Gasteiger partial charge on any atom is 0.224 e. The number of aryl methyl sites for hydroxylation is 1. The zero-order valence-corrected chi connectivity index (χ0v) is 13.2. The molecule has 23 heavy (non-hydrogen) atoms. The number of carbonyl (C=O) groups is 2. The van der Waals surface area contributed by atoms with Crippen LogP contribution in [-0.4, -0.2) is 18.8 Å². The van der Waals surface area contributed by atoms with E-state index in [1.165, 1.54) is 0 Å². The van der Waals surface area contributed by atoms with Crippen molar-refractivity contribution in [3.63, 3.8) is 0 Å². The van der Waals surface area contributed by atoms with E-state index in [2.05, 4.69) is 5.32 Å². The van der Waals surface area contributed by atoms with Gasteiger partial charge in [0.2, 0.25) is 5.91 Å². The van der Waals surface area contributed by atoms with Gasteiger partial charge in [-0.3, -0.25) is 9.59 Å². The summed E-state index contributed by atoms with van der Waals surface area (Å²) in [6, 6.07) is 14.9. The molecule has 0 saturated carbocycles. The van der Waals surface area contributed by atoms with Crippen molar-refractivity contribution in [3.8, 4) is 5.75 Å². The van der Waals surface area contributed by atoms with E-state index >= 15 is 0 Å². The molecule has 0 spiro atoms. The molecule has 0 aliphatic heterocycles. The minimum Gasteiger partial charge on any atom is -0.491 e. The van der Waals surface area contributed by atoms with Crippen LogP contribution in [0.2, 0.25) is 0 Å². The van der Waals surface area contributed by atoms with Crippen molar-refractivity contribution in [2.75, 3.05) is 11.9 Å². The maximum absolute atomic E-state index is 12.2. The fourth-order valence-electron chi connectivity index (χ4n) is 2.17. The van der Waals surface area contributed by atoms with E-state index < -0.39 is 0 Å². The third-order valence-electron chi connectivity index (χ3n) is 3.36. The van der Waals surface area contributed by atoms with Gasteiger partial charge in [-0.05, 0) is 36.6 Å². The number of hydrogen-bond acceptors (Lipinski definition) is 3. The fraction of sp³-hybridized carbons (Fsp3) is 0.263. The zero-order valence-electron chi connectivity index (χ0n) is 13.2. The summed E-state index contributed by atoms with van der Waals surface area (Å²) in [6.07, 6.45) is 2.67. The average molecular weight is 311 g/mol. The van der Waals surface area contributed by atoms with Crippen LogP contribution in [0.5, 0.6) is 5.75 Å². The molecule has 0 unspecified atom stereocenters. The van der Waals surface area contributed by atoms with Gasteiger partial charge in [0.15, 0.2) is 0 Å². The quantitative estimate of drug-likeness (QED) is 0.753. The van der Waals surface area contributed by atoms with E-state index in [0.29, 0.717) is 36.4 Å². The van der Waals surface area contributed by atoms with Gasteiger partial charge in [-0.15, -0.1) is 0 Å². The Balaban J connectivity index is 2.01. The lowest BCUT2D eigenvalue weighted by Gasteiger charge is -2.12. The van der Waals surface area contributed by atoms with Crippen LogP contribution < -0.4 is 10.1 Å². The first-order valence-electron chi connectivity index (χ1n) is 7.78. The van der Waals surface area contributed by atoms with E-state index in [1.807, 2.05) is 37.3 Å². The van der Waals surface area contributed by atoms with Gasteiger partial charge in [0.05, 0.1) is 12.3 Å². The van der Waals surface area contributed by atoms with Crippen molar-refractivity contribution in [1.82, 2.24) is 0 Å². The van der Waals surface area contributed by atoms with Crippen LogP contribution in [0.3, 0.4) is 0 Å². The first kappa shape index (κ1) is 16.7. The van der Waals surface area contributed by atoms with Crippen molar-refractivity contribution >= 4 is 17.9 Å². The standard InChI is InChI=1S/C19H21NO3/c1-2-12-23-18-10-8-16(14-21)13-17(18)20-19(22)11-9-15-6-4-3-5-7-15/h3-8,10,13-14H,2,9,11-12H2,1H3,(H,20,22). The van der Waals surface area contributed by atoms with E-state index in [9.17, 15) is 9.59 Å². The Bertz CT molecular complexity index is 653. The molecule has 2 rings (SSSR count). The molecule has 0 bridgehead atoms. The van der Waals surface area contributed by atoms with E-state index in [4.69, 9.17) is 4.74 Å². The first-order valence-corrected chi connectivity index (χ1v) is 7.78. The summed E-state index contributed by atoms with van der Waals surface area (Å²) < 4.78 is 5.62. The third-order valence-corrected chi connectivity index (χ3v) is 3.36. The van der Waals surface area contributed by atoms with Crippen LogP contribution in [0.15, 0.2) is 48.5 Å². The normalized spacial score (nSPS) is 10.1. The number of rotatable bonds is 8. The molecule has 0 fully saturated rings. The average Bonchev–Trinajstić information content (AvgIpc) is 2.59. The minimum absolute atomic E-state index is 0.0988. The van der Waals surface area contributed by atoms with Crippen LogP contribution in [0.1, 0.15) is 35.7 Å². The number of aldehydes is 1. The summed E-state index contributed by atoms with van der Waals surface area (Å²) >= 11 is 0. The first-order chi connectivity index (χ1) is 11.2. The molecule has 120 valence electrons. The lowest BCUT2D eigenvalue weighted by molar-refractivity contribution is -0.116.